The molecule has 16 nitrogen and oxygen atoms in total. The van der Waals surface area contributed by atoms with E-state index in [1.165, 1.54) is 14.7 Å². The van der Waals surface area contributed by atoms with Crippen molar-refractivity contribution in [3.8, 4) is 0 Å². The molecule has 0 aliphatic carbocycles. The largest absolute Gasteiger partial charge is 0.548 e. The third-order valence-corrected chi connectivity index (χ3v) is 6.98. The Hall–Kier alpha value is -4.15. The maximum Gasteiger partial charge on any atom is 0.303 e. The van der Waals surface area contributed by atoms with Crippen molar-refractivity contribution in [2.45, 2.75) is 69.7 Å². The maximum absolute atomic E-state index is 12.1. The average molecular weight is 594 g/mol. The molecule has 1 aliphatic heterocycles. The van der Waals surface area contributed by atoms with E-state index in [4.69, 9.17) is 15.3 Å². The van der Waals surface area contributed by atoms with Crippen molar-refractivity contribution in [1.29, 1.82) is 0 Å². The third-order valence-electron chi connectivity index (χ3n) is 6.98. The van der Waals surface area contributed by atoms with Gasteiger partial charge in [0.15, 0.2) is 0 Å². The van der Waals surface area contributed by atoms with Gasteiger partial charge in [-0.3, -0.25) is 34.1 Å². The molecule has 1 aromatic rings. The molecule has 2 bridgehead atoms. The van der Waals surface area contributed by atoms with Gasteiger partial charge in [0, 0.05) is 64.6 Å². The monoisotopic (exact) mass is 593 g/mol. The third kappa shape index (κ3) is 11.0. The van der Waals surface area contributed by atoms with Gasteiger partial charge in [-0.05, 0) is 31.4 Å². The Morgan fingerprint density at radius 2 is 0.929 bits per heavy atom. The van der Waals surface area contributed by atoms with E-state index >= 15 is 0 Å². The summed E-state index contributed by atoms with van der Waals surface area (Å²) in [7, 11) is 0. The number of hydrogen-bond donors (Lipinski definition) is 3. The van der Waals surface area contributed by atoms with E-state index in [1.807, 2.05) is 0 Å². The van der Waals surface area contributed by atoms with Crippen LogP contribution in [0, 0.1) is 0 Å². The zero-order valence-corrected chi connectivity index (χ0v) is 22.8. The zero-order chi connectivity index (χ0) is 31.4. The quantitative estimate of drug-likeness (QED) is 0.175. The van der Waals surface area contributed by atoms with Crippen LogP contribution >= 0.6 is 0 Å². The Morgan fingerprint density at radius 3 is 1.24 bits per heavy atom. The molecule has 1 aromatic heterocycles. The van der Waals surface area contributed by atoms with E-state index in [0.29, 0.717) is 11.4 Å². The van der Waals surface area contributed by atoms with Crippen molar-refractivity contribution in [2.75, 3.05) is 26.2 Å². The molecule has 3 unspecified atom stereocenters. The summed E-state index contributed by atoms with van der Waals surface area (Å²) in [5, 5.41) is 63.5. The number of carboxylic acid groups (broad SMARTS) is 6. The minimum Gasteiger partial charge on any atom is -0.548 e. The number of pyridine rings is 1. The summed E-state index contributed by atoms with van der Waals surface area (Å²) >= 11 is 0. The van der Waals surface area contributed by atoms with Gasteiger partial charge >= 0.3 is 17.9 Å². The number of nitrogens with zero attached hydrogens (tertiary/aromatic N) is 4. The lowest BCUT2D eigenvalue weighted by atomic mass is 10.1. The predicted molar refractivity (Wildman–Crippen MR) is 134 cm³/mol. The summed E-state index contributed by atoms with van der Waals surface area (Å²) in [6.45, 7) is -0.822. The van der Waals surface area contributed by atoms with Crippen molar-refractivity contribution in [1.82, 2.24) is 19.7 Å². The number of aromatic nitrogens is 1. The van der Waals surface area contributed by atoms with E-state index in [2.05, 4.69) is 4.98 Å². The normalized spacial score (nSPS) is 17.6. The van der Waals surface area contributed by atoms with E-state index in [9.17, 15) is 44.1 Å². The topological polar surface area (TPSA) is 255 Å². The first-order valence-corrected chi connectivity index (χ1v) is 13.2. The summed E-state index contributed by atoms with van der Waals surface area (Å²) in [6, 6.07) is 0.542. The SMILES string of the molecule is O=C(O)CCC(C(=O)[O-])N1CCN(C(CCC(=O)O)C(=O)[O-])Cc2cccc(n2)CN(C(CCC(=O)O)C(=O)[O-])CC1. The summed E-state index contributed by atoms with van der Waals surface area (Å²) < 4.78 is 0. The van der Waals surface area contributed by atoms with Crippen LogP contribution in [0.3, 0.4) is 0 Å². The van der Waals surface area contributed by atoms with Crippen LogP contribution in [0.4, 0.5) is 0 Å². The van der Waals surface area contributed by atoms with Crippen LogP contribution in [0.5, 0.6) is 0 Å². The Kier molecular flexibility index (Phi) is 13.2. The van der Waals surface area contributed by atoms with E-state index in [1.54, 1.807) is 18.2 Å². The molecule has 232 valence electrons. The summed E-state index contributed by atoms with van der Waals surface area (Å²) in [5.41, 5.74) is 0.693. The number of carbonyl (C=O) groups is 6. The number of carboxylic acids is 6. The molecule has 42 heavy (non-hydrogen) atoms. The van der Waals surface area contributed by atoms with Gasteiger partial charge in [-0.1, -0.05) is 6.07 Å². The zero-order valence-electron chi connectivity index (χ0n) is 22.8. The molecule has 0 fully saturated rings. The van der Waals surface area contributed by atoms with Gasteiger partial charge < -0.3 is 45.0 Å². The van der Waals surface area contributed by atoms with E-state index in [-0.39, 0.29) is 58.5 Å². The molecule has 2 rings (SSSR count). The van der Waals surface area contributed by atoms with Crippen LogP contribution in [0.15, 0.2) is 18.2 Å². The fourth-order valence-corrected chi connectivity index (χ4v) is 4.88. The van der Waals surface area contributed by atoms with E-state index < -0.39 is 73.2 Å². The van der Waals surface area contributed by atoms with Crippen LogP contribution in [0.2, 0.25) is 0 Å². The minimum atomic E-state index is -1.60. The number of hydrogen-bond acceptors (Lipinski definition) is 13. The van der Waals surface area contributed by atoms with E-state index in [0.717, 1.165) is 0 Å². The number of aliphatic carboxylic acids is 6. The molecule has 0 amide bonds. The second-order valence-corrected chi connectivity index (χ2v) is 9.90. The molecule has 16 heteroatoms. The molecule has 3 N–H and O–H groups in total. The van der Waals surface area contributed by atoms with Crippen LogP contribution in [-0.2, 0) is 41.9 Å². The molecule has 0 radical (unpaired) electrons. The fourth-order valence-electron chi connectivity index (χ4n) is 4.88. The highest BCUT2D eigenvalue weighted by Gasteiger charge is 2.29. The molecule has 0 saturated heterocycles. The van der Waals surface area contributed by atoms with Gasteiger partial charge in [0.2, 0.25) is 0 Å². The van der Waals surface area contributed by atoms with Crippen molar-refractivity contribution in [3.05, 3.63) is 29.6 Å². The molecule has 3 atom stereocenters. The second-order valence-electron chi connectivity index (χ2n) is 9.90. The number of rotatable bonds is 15. The van der Waals surface area contributed by atoms with Crippen LogP contribution < -0.4 is 15.3 Å². The summed E-state index contributed by atoms with van der Waals surface area (Å²) in [5.74, 6) is -8.41. The van der Waals surface area contributed by atoms with Crippen molar-refractivity contribution >= 4 is 35.8 Å². The molecular formula is C26H33N4O12-3. The lowest BCUT2D eigenvalue weighted by Gasteiger charge is -2.39. The van der Waals surface area contributed by atoms with Gasteiger partial charge in [-0.2, -0.15) is 0 Å². The second kappa shape index (κ2) is 16.3. The van der Waals surface area contributed by atoms with Crippen LogP contribution in [-0.4, -0.2) is 115 Å². The van der Waals surface area contributed by atoms with Crippen molar-refractivity contribution in [2.24, 2.45) is 0 Å². The number of fused-ring (bicyclic) bond motifs is 2. The first-order chi connectivity index (χ1) is 19.8. The molecular weight excluding hydrogens is 560 g/mol. The van der Waals surface area contributed by atoms with Gasteiger partial charge in [0.25, 0.3) is 0 Å². The maximum atomic E-state index is 12.1. The Labute approximate surface area is 240 Å². The van der Waals surface area contributed by atoms with Crippen molar-refractivity contribution < 1.29 is 59.4 Å². The molecule has 2 heterocycles. The fraction of sp³-hybridized carbons (Fsp3) is 0.577. The highest BCUT2D eigenvalue weighted by Crippen LogP contribution is 2.18. The first kappa shape index (κ1) is 34.1. The Morgan fingerprint density at radius 1 is 0.619 bits per heavy atom. The lowest BCUT2D eigenvalue weighted by molar-refractivity contribution is -0.314. The summed E-state index contributed by atoms with van der Waals surface area (Å²) in [6.07, 6.45) is -2.50. The van der Waals surface area contributed by atoms with Crippen LogP contribution in [0.25, 0.3) is 0 Å². The first-order valence-electron chi connectivity index (χ1n) is 13.2. The Balaban J connectivity index is 2.55. The minimum absolute atomic E-state index is 0.117. The highest BCUT2D eigenvalue weighted by molar-refractivity contribution is 5.74. The molecule has 1 aliphatic rings. The Bertz CT molecular complexity index is 1080. The van der Waals surface area contributed by atoms with Gasteiger partial charge in [-0.25, -0.2) is 0 Å². The average Bonchev–Trinajstić information content (AvgIpc) is 2.87. The van der Waals surface area contributed by atoms with Gasteiger partial charge in [0.05, 0.1) is 41.4 Å². The highest BCUT2D eigenvalue weighted by atomic mass is 16.4. The van der Waals surface area contributed by atoms with Gasteiger partial charge in [-0.15, -0.1) is 0 Å². The van der Waals surface area contributed by atoms with Crippen LogP contribution in [0.1, 0.15) is 49.9 Å². The molecule has 0 aromatic carbocycles. The smallest absolute Gasteiger partial charge is 0.303 e. The number of carbonyl (C=O) groups excluding carboxylic acids is 3. The summed E-state index contributed by atoms with van der Waals surface area (Å²) in [4.78, 5) is 78.3. The lowest BCUT2D eigenvalue weighted by Crippen LogP contribution is -2.56. The standard InChI is InChI=1S/C26H36N4O12/c31-21(32)7-4-18(24(37)38)28-10-12-29(19(25(39)40)5-8-22(33)34)14-16-2-1-3-17(27-16)15-30(13-11-28)20(26(41)42)6-9-23(35)36/h1-3,18-20H,4-15H2,(H,31,32)(H,33,34)(H,35,36)(H,37,38)(H,39,40)(H,41,42)/p-3. The predicted octanol–water partition coefficient (Wildman–Crippen LogP) is -4.05. The van der Waals surface area contributed by atoms with Crippen molar-refractivity contribution in [3.63, 3.8) is 0 Å². The molecule has 0 saturated carbocycles. The molecule has 0 spiro atoms. The van der Waals surface area contributed by atoms with Gasteiger partial charge in [0.1, 0.15) is 0 Å².